The van der Waals surface area contributed by atoms with E-state index in [0.29, 0.717) is 5.02 Å². The van der Waals surface area contributed by atoms with Crippen LogP contribution in [0.1, 0.15) is 17.9 Å². The lowest BCUT2D eigenvalue weighted by atomic mass is 9.98. The lowest BCUT2D eigenvalue weighted by Gasteiger charge is -2.06. The molecule has 2 nitrogen and oxygen atoms in total. The Morgan fingerprint density at radius 1 is 1.31 bits per heavy atom. The van der Waals surface area contributed by atoms with Crippen molar-refractivity contribution in [3.05, 3.63) is 34.9 Å². The van der Waals surface area contributed by atoms with Gasteiger partial charge in [0.1, 0.15) is 0 Å². The van der Waals surface area contributed by atoms with Gasteiger partial charge in [0, 0.05) is 5.02 Å². The standard InChI is InChI=1S/C10H7ClN2/c11-10-4-2-1-3-9(10)8(7-13)5-6-12/h1-4,8H,5H2. The Balaban J connectivity index is 3.01. The largest absolute Gasteiger partial charge is 0.198 e. The average Bonchev–Trinajstić information content (AvgIpc) is 2.16. The van der Waals surface area contributed by atoms with E-state index < -0.39 is 5.92 Å². The zero-order valence-corrected chi connectivity index (χ0v) is 7.62. The maximum Gasteiger partial charge on any atom is 0.0856 e. The maximum absolute atomic E-state index is 8.78. The predicted octanol–water partition coefficient (Wildman–Crippen LogP) is 2.86. The molecule has 0 aliphatic rings. The summed E-state index contributed by atoms with van der Waals surface area (Å²) in [6.45, 7) is 0. The van der Waals surface area contributed by atoms with Crippen LogP contribution in [0.5, 0.6) is 0 Å². The van der Waals surface area contributed by atoms with Crippen LogP contribution in [0.3, 0.4) is 0 Å². The van der Waals surface area contributed by atoms with Gasteiger partial charge in [0.25, 0.3) is 0 Å². The quantitative estimate of drug-likeness (QED) is 0.720. The third-order valence-corrected chi connectivity index (χ3v) is 2.08. The minimum Gasteiger partial charge on any atom is -0.198 e. The van der Waals surface area contributed by atoms with Gasteiger partial charge in [0.15, 0.2) is 0 Å². The first-order valence-corrected chi connectivity index (χ1v) is 4.18. The van der Waals surface area contributed by atoms with Gasteiger partial charge in [-0.3, -0.25) is 0 Å². The molecule has 0 bridgehead atoms. The summed E-state index contributed by atoms with van der Waals surface area (Å²) in [5, 5.41) is 17.8. The van der Waals surface area contributed by atoms with Crippen LogP contribution in [0.4, 0.5) is 0 Å². The van der Waals surface area contributed by atoms with E-state index in [1.165, 1.54) is 0 Å². The molecular formula is C10H7ClN2. The van der Waals surface area contributed by atoms with E-state index in [1.54, 1.807) is 18.2 Å². The summed E-state index contributed by atoms with van der Waals surface area (Å²) in [6.07, 6.45) is 0.181. The number of hydrogen-bond acceptors (Lipinski definition) is 2. The van der Waals surface area contributed by atoms with Gasteiger partial charge in [0.2, 0.25) is 0 Å². The van der Waals surface area contributed by atoms with Crippen molar-refractivity contribution in [3.63, 3.8) is 0 Å². The number of halogens is 1. The van der Waals surface area contributed by atoms with Crippen LogP contribution in [0, 0.1) is 22.7 Å². The fraction of sp³-hybridized carbons (Fsp3) is 0.200. The molecule has 0 aromatic heterocycles. The topological polar surface area (TPSA) is 47.6 Å². The third-order valence-electron chi connectivity index (χ3n) is 1.73. The van der Waals surface area contributed by atoms with E-state index in [-0.39, 0.29) is 6.42 Å². The Labute approximate surface area is 82.0 Å². The highest BCUT2D eigenvalue weighted by Crippen LogP contribution is 2.25. The average molecular weight is 191 g/mol. The van der Waals surface area contributed by atoms with Gasteiger partial charge < -0.3 is 0 Å². The fourth-order valence-corrected chi connectivity index (χ4v) is 1.34. The van der Waals surface area contributed by atoms with Gasteiger partial charge in [-0.15, -0.1) is 0 Å². The van der Waals surface area contributed by atoms with Crippen LogP contribution in [-0.2, 0) is 0 Å². The summed E-state index contributed by atoms with van der Waals surface area (Å²) in [5.41, 5.74) is 0.730. The van der Waals surface area contributed by atoms with Crippen LogP contribution in [0.15, 0.2) is 24.3 Å². The molecule has 0 spiro atoms. The molecule has 1 aromatic carbocycles. The van der Waals surface area contributed by atoms with E-state index in [4.69, 9.17) is 22.1 Å². The normalized spacial score (nSPS) is 11.3. The fourth-order valence-electron chi connectivity index (χ4n) is 1.07. The van der Waals surface area contributed by atoms with Crippen molar-refractivity contribution in [2.45, 2.75) is 12.3 Å². The summed E-state index contributed by atoms with van der Waals surface area (Å²) < 4.78 is 0. The molecule has 0 radical (unpaired) electrons. The highest BCUT2D eigenvalue weighted by atomic mass is 35.5. The SMILES string of the molecule is N#CCC(C#N)c1ccccc1Cl. The Morgan fingerprint density at radius 2 is 2.00 bits per heavy atom. The molecule has 1 rings (SSSR count). The van der Waals surface area contributed by atoms with Crippen molar-refractivity contribution in [1.82, 2.24) is 0 Å². The number of hydrogen-bond donors (Lipinski definition) is 0. The molecule has 1 atom stereocenters. The first-order valence-electron chi connectivity index (χ1n) is 3.80. The second-order valence-electron chi connectivity index (χ2n) is 2.57. The third kappa shape index (κ3) is 2.21. The summed E-state index contributed by atoms with van der Waals surface area (Å²) in [4.78, 5) is 0. The second-order valence-corrected chi connectivity index (χ2v) is 2.97. The van der Waals surface area contributed by atoms with Crippen LogP contribution >= 0.6 is 11.6 Å². The summed E-state index contributed by atoms with van der Waals surface area (Å²) in [6, 6.07) is 11.1. The van der Waals surface area contributed by atoms with Gasteiger partial charge in [-0.1, -0.05) is 29.8 Å². The van der Waals surface area contributed by atoms with Crippen LogP contribution in [0.25, 0.3) is 0 Å². The smallest absolute Gasteiger partial charge is 0.0856 e. The van der Waals surface area contributed by atoms with Gasteiger partial charge in [-0.05, 0) is 11.6 Å². The number of nitriles is 2. The second kappa shape index (κ2) is 4.50. The molecule has 0 aliphatic heterocycles. The minimum atomic E-state index is -0.418. The molecular weight excluding hydrogens is 184 g/mol. The highest BCUT2D eigenvalue weighted by molar-refractivity contribution is 6.31. The Morgan fingerprint density at radius 3 is 2.54 bits per heavy atom. The summed E-state index contributed by atoms with van der Waals surface area (Å²) in [7, 11) is 0. The molecule has 0 saturated heterocycles. The maximum atomic E-state index is 8.78. The first-order chi connectivity index (χ1) is 6.29. The molecule has 0 aliphatic carbocycles. The van der Waals surface area contributed by atoms with E-state index in [2.05, 4.69) is 6.07 Å². The van der Waals surface area contributed by atoms with Crippen molar-refractivity contribution in [1.29, 1.82) is 10.5 Å². The number of nitrogens with zero attached hydrogens (tertiary/aromatic N) is 2. The first kappa shape index (κ1) is 9.58. The van der Waals surface area contributed by atoms with E-state index in [0.717, 1.165) is 5.56 Å². The molecule has 0 fully saturated rings. The summed E-state index contributed by atoms with van der Waals surface area (Å²) >= 11 is 5.87. The van der Waals surface area contributed by atoms with Gasteiger partial charge in [0.05, 0.1) is 24.5 Å². The van der Waals surface area contributed by atoms with Gasteiger partial charge >= 0.3 is 0 Å². The van der Waals surface area contributed by atoms with Gasteiger partial charge in [-0.25, -0.2) is 0 Å². The lowest BCUT2D eigenvalue weighted by Crippen LogP contribution is -1.94. The predicted molar refractivity (Wildman–Crippen MR) is 50.0 cm³/mol. The number of benzene rings is 1. The molecule has 0 amide bonds. The van der Waals surface area contributed by atoms with E-state index in [9.17, 15) is 0 Å². The Kier molecular flexibility index (Phi) is 3.31. The van der Waals surface area contributed by atoms with E-state index in [1.807, 2.05) is 12.1 Å². The van der Waals surface area contributed by atoms with Crippen molar-refractivity contribution in [2.75, 3.05) is 0 Å². The molecule has 3 heteroatoms. The van der Waals surface area contributed by atoms with Crippen molar-refractivity contribution in [2.24, 2.45) is 0 Å². The zero-order chi connectivity index (χ0) is 9.68. The summed E-state index contributed by atoms with van der Waals surface area (Å²) in [5.74, 6) is -0.418. The van der Waals surface area contributed by atoms with Crippen molar-refractivity contribution >= 4 is 11.6 Å². The van der Waals surface area contributed by atoms with E-state index >= 15 is 0 Å². The molecule has 1 unspecified atom stereocenters. The zero-order valence-electron chi connectivity index (χ0n) is 6.87. The molecule has 0 saturated carbocycles. The van der Waals surface area contributed by atoms with Crippen LogP contribution < -0.4 is 0 Å². The molecule has 1 aromatic rings. The monoisotopic (exact) mass is 190 g/mol. The molecule has 0 heterocycles. The molecule has 13 heavy (non-hydrogen) atoms. The van der Waals surface area contributed by atoms with Crippen molar-refractivity contribution < 1.29 is 0 Å². The molecule has 64 valence electrons. The van der Waals surface area contributed by atoms with Gasteiger partial charge in [-0.2, -0.15) is 10.5 Å². The Hall–Kier alpha value is -1.51. The van der Waals surface area contributed by atoms with Crippen molar-refractivity contribution in [3.8, 4) is 12.1 Å². The number of rotatable bonds is 2. The van der Waals surface area contributed by atoms with Crippen LogP contribution in [-0.4, -0.2) is 0 Å². The van der Waals surface area contributed by atoms with Crippen LogP contribution in [0.2, 0.25) is 5.02 Å². The molecule has 0 N–H and O–H groups in total. The minimum absolute atomic E-state index is 0.181. The Bertz CT molecular complexity index is 373. The lowest BCUT2D eigenvalue weighted by molar-refractivity contribution is 0.887. The highest BCUT2D eigenvalue weighted by Gasteiger charge is 2.12.